The van der Waals surface area contributed by atoms with Crippen LogP contribution in [0.25, 0.3) is 0 Å². The number of carbonyl (C=O) groups excluding carboxylic acids is 1. The lowest BCUT2D eigenvalue weighted by molar-refractivity contribution is 0.0944. The third-order valence-corrected chi connectivity index (χ3v) is 3.08. The molecule has 0 spiro atoms. The first-order chi connectivity index (χ1) is 8.16. The predicted molar refractivity (Wildman–Crippen MR) is 71.7 cm³/mol. The Labute approximate surface area is 113 Å². The molecule has 0 aliphatic carbocycles. The summed E-state index contributed by atoms with van der Waals surface area (Å²) >= 11 is 0. The minimum Gasteiger partial charge on any atom is -0.352 e. The Bertz CT molecular complexity index is 419. The van der Waals surface area contributed by atoms with Gasteiger partial charge in [0.05, 0.1) is 5.56 Å². The molecule has 1 amide bonds. The molecular formula is C13H18ClFN2O. The molecule has 1 unspecified atom stereocenters. The van der Waals surface area contributed by atoms with E-state index in [1.165, 1.54) is 12.1 Å². The number of nitrogens with one attached hydrogen (secondary N) is 2. The zero-order valence-electron chi connectivity index (χ0n) is 10.3. The van der Waals surface area contributed by atoms with Gasteiger partial charge in [0, 0.05) is 6.54 Å². The second kappa shape index (κ2) is 6.71. The van der Waals surface area contributed by atoms with Crippen LogP contribution in [0.3, 0.4) is 0 Å². The smallest absolute Gasteiger partial charge is 0.254 e. The molecule has 1 aromatic carbocycles. The number of hydrogen-bond donors (Lipinski definition) is 2. The van der Waals surface area contributed by atoms with Crippen LogP contribution in [-0.2, 0) is 0 Å². The molecule has 0 saturated carbocycles. The van der Waals surface area contributed by atoms with Gasteiger partial charge in [-0.05, 0) is 50.0 Å². The monoisotopic (exact) mass is 272 g/mol. The molecule has 18 heavy (non-hydrogen) atoms. The molecule has 2 N–H and O–H groups in total. The van der Waals surface area contributed by atoms with Gasteiger partial charge in [-0.25, -0.2) is 4.39 Å². The molecular weight excluding hydrogens is 255 g/mol. The summed E-state index contributed by atoms with van der Waals surface area (Å²) in [5, 5.41) is 6.01. The Morgan fingerprint density at radius 2 is 2.33 bits per heavy atom. The molecule has 2 rings (SSSR count). The molecule has 0 aromatic heterocycles. The molecule has 1 heterocycles. The van der Waals surface area contributed by atoms with Gasteiger partial charge in [0.2, 0.25) is 0 Å². The van der Waals surface area contributed by atoms with Crippen LogP contribution in [0.1, 0.15) is 22.3 Å². The van der Waals surface area contributed by atoms with Crippen LogP contribution >= 0.6 is 12.4 Å². The van der Waals surface area contributed by atoms with E-state index in [1.54, 1.807) is 13.0 Å². The van der Waals surface area contributed by atoms with Gasteiger partial charge in [0.25, 0.3) is 5.91 Å². The number of rotatable bonds is 3. The molecule has 5 heteroatoms. The normalized spacial score (nSPS) is 18.2. The SMILES string of the molecule is Cc1ccc(C(=O)NCC2CCNC2)c(F)c1.Cl. The van der Waals surface area contributed by atoms with Crippen molar-refractivity contribution in [2.75, 3.05) is 19.6 Å². The van der Waals surface area contributed by atoms with E-state index in [0.717, 1.165) is 25.1 Å². The first-order valence-electron chi connectivity index (χ1n) is 5.92. The summed E-state index contributed by atoms with van der Waals surface area (Å²) in [6.45, 7) is 4.34. The zero-order chi connectivity index (χ0) is 12.3. The van der Waals surface area contributed by atoms with Crippen molar-refractivity contribution in [3.05, 3.63) is 35.1 Å². The van der Waals surface area contributed by atoms with Crippen molar-refractivity contribution < 1.29 is 9.18 Å². The van der Waals surface area contributed by atoms with Crippen molar-refractivity contribution in [2.24, 2.45) is 5.92 Å². The van der Waals surface area contributed by atoms with E-state index in [-0.39, 0.29) is 23.9 Å². The fourth-order valence-electron chi connectivity index (χ4n) is 2.03. The van der Waals surface area contributed by atoms with Crippen LogP contribution < -0.4 is 10.6 Å². The van der Waals surface area contributed by atoms with Crippen LogP contribution in [0.4, 0.5) is 4.39 Å². The van der Waals surface area contributed by atoms with Crippen molar-refractivity contribution in [3.8, 4) is 0 Å². The Kier molecular flexibility index (Phi) is 5.56. The van der Waals surface area contributed by atoms with E-state index < -0.39 is 5.82 Å². The number of amides is 1. The maximum Gasteiger partial charge on any atom is 0.254 e. The molecule has 1 saturated heterocycles. The fourth-order valence-corrected chi connectivity index (χ4v) is 2.03. The average Bonchev–Trinajstić information content (AvgIpc) is 2.78. The van der Waals surface area contributed by atoms with Crippen LogP contribution in [0, 0.1) is 18.7 Å². The zero-order valence-corrected chi connectivity index (χ0v) is 11.1. The number of aryl methyl sites for hydroxylation is 1. The van der Waals surface area contributed by atoms with Crippen molar-refractivity contribution in [1.82, 2.24) is 10.6 Å². The molecule has 1 aliphatic rings. The van der Waals surface area contributed by atoms with Crippen molar-refractivity contribution in [1.29, 1.82) is 0 Å². The van der Waals surface area contributed by atoms with Crippen LogP contribution in [0.2, 0.25) is 0 Å². The second-order valence-electron chi connectivity index (χ2n) is 4.55. The van der Waals surface area contributed by atoms with E-state index in [1.807, 2.05) is 0 Å². The third-order valence-electron chi connectivity index (χ3n) is 3.08. The number of halogens is 2. The lowest BCUT2D eigenvalue weighted by Gasteiger charge is -2.10. The van der Waals surface area contributed by atoms with Gasteiger partial charge in [-0.1, -0.05) is 6.07 Å². The minimum absolute atomic E-state index is 0. The van der Waals surface area contributed by atoms with E-state index in [2.05, 4.69) is 10.6 Å². The van der Waals surface area contributed by atoms with E-state index in [0.29, 0.717) is 12.5 Å². The fraction of sp³-hybridized carbons (Fsp3) is 0.462. The summed E-state index contributed by atoms with van der Waals surface area (Å²) in [4.78, 5) is 11.8. The van der Waals surface area contributed by atoms with Crippen LogP contribution in [-0.4, -0.2) is 25.5 Å². The Balaban J connectivity index is 0.00000162. The summed E-state index contributed by atoms with van der Waals surface area (Å²) in [5.74, 6) is -0.311. The topological polar surface area (TPSA) is 41.1 Å². The summed E-state index contributed by atoms with van der Waals surface area (Å²) in [5.41, 5.74) is 0.945. The minimum atomic E-state index is -0.452. The van der Waals surface area contributed by atoms with Gasteiger partial charge in [0.1, 0.15) is 5.82 Å². The average molecular weight is 273 g/mol. The Morgan fingerprint density at radius 3 is 2.94 bits per heavy atom. The Morgan fingerprint density at radius 1 is 1.56 bits per heavy atom. The molecule has 1 fully saturated rings. The number of carbonyl (C=O) groups is 1. The van der Waals surface area contributed by atoms with Crippen LogP contribution in [0.5, 0.6) is 0 Å². The van der Waals surface area contributed by atoms with Gasteiger partial charge in [-0.3, -0.25) is 4.79 Å². The standard InChI is InChI=1S/C13H17FN2O.ClH/c1-9-2-3-11(12(14)6-9)13(17)16-8-10-4-5-15-7-10;/h2-3,6,10,15H,4-5,7-8H2,1H3,(H,16,17);1H. The van der Waals surface area contributed by atoms with Crippen molar-refractivity contribution in [3.63, 3.8) is 0 Å². The number of hydrogen-bond acceptors (Lipinski definition) is 2. The molecule has 1 aliphatic heterocycles. The van der Waals surface area contributed by atoms with Gasteiger partial charge >= 0.3 is 0 Å². The van der Waals surface area contributed by atoms with Gasteiger partial charge < -0.3 is 10.6 Å². The highest BCUT2D eigenvalue weighted by Crippen LogP contribution is 2.10. The highest BCUT2D eigenvalue weighted by atomic mass is 35.5. The van der Waals surface area contributed by atoms with E-state index in [4.69, 9.17) is 0 Å². The molecule has 0 bridgehead atoms. The van der Waals surface area contributed by atoms with E-state index >= 15 is 0 Å². The molecule has 100 valence electrons. The summed E-state index contributed by atoms with van der Waals surface area (Å²) in [7, 11) is 0. The molecule has 3 nitrogen and oxygen atoms in total. The summed E-state index contributed by atoms with van der Waals surface area (Å²) in [6, 6.07) is 4.66. The second-order valence-corrected chi connectivity index (χ2v) is 4.55. The molecule has 0 radical (unpaired) electrons. The van der Waals surface area contributed by atoms with Gasteiger partial charge in [-0.15, -0.1) is 12.4 Å². The quantitative estimate of drug-likeness (QED) is 0.882. The first-order valence-corrected chi connectivity index (χ1v) is 5.92. The highest BCUT2D eigenvalue weighted by Gasteiger charge is 2.17. The first kappa shape index (κ1) is 14.9. The van der Waals surface area contributed by atoms with Crippen LogP contribution in [0.15, 0.2) is 18.2 Å². The van der Waals surface area contributed by atoms with Gasteiger partial charge in [-0.2, -0.15) is 0 Å². The highest BCUT2D eigenvalue weighted by molar-refractivity contribution is 5.94. The maximum atomic E-state index is 13.5. The summed E-state index contributed by atoms with van der Waals surface area (Å²) < 4.78 is 13.5. The number of benzene rings is 1. The lowest BCUT2D eigenvalue weighted by Crippen LogP contribution is -2.30. The predicted octanol–water partition coefficient (Wildman–Crippen LogP) is 1.90. The summed E-state index contributed by atoms with van der Waals surface area (Å²) in [6.07, 6.45) is 1.07. The molecule has 1 aromatic rings. The maximum absolute atomic E-state index is 13.5. The third kappa shape index (κ3) is 3.68. The lowest BCUT2D eigenvalue weighted by atomic mass is 10.1. The van der Waals surface area contributed by atoms with E-state index in [9.17, 15) is 9.18 Å². The largest absolute Gasteiger partial charge is 0.352 e. The Hall–Kier alpha value is -1.13. The van der Waals surface area contributed by atoms with Gasteiger partial charge in [0.15, 0.2) is 0 Å². The molecule has 1 atom stereocenters. The van der Waals surface area contributed by atoms with Crippen molar-refractivity contribution >= 4 is 18.3 Å². The van der Waals surface area contributed by atoms with Crippen molar-refractivity contribution in [2.45, 2.75) is 13.3 Å².